The molecular formula is C19H16N2O3S. The first-order valence-corrected chi connectivity index (χ1v) is 8.51. The number of benzene rings is 2. The molecule has 0 aliphatic carbocycles. The summed E-state index contributed by atoms with van der Waals surface area (Å²) in [6.45, 7) is -0.187. The van der Waals surface area contributed by atoms with Gasteiger partial charge in [0.1, 0.15) is 5.75 Å². The van der Waals surface area contributed by atoms with Crippen LogP contribution in [0.5, 0.6) is 5.75 Å². The summed E-state index contributed by atoms with van der Waals surface area (Å²) in [6.07, 6.45) is 3.04. The molecule has 126 valence electrons. The van der Waals surface area contributed by atoms with E-state index in [0.717, 1.165) is 15.6 Å². The molecule has 0 atom stereocenters. The molecule has 25 heavy (non-hydrogen) atoms. The van der Waals surface area contributed by atoms with Crippen molar-refractivity contribution in [1.29, 1.82) is 0 Å². The lowest BCUT2D eigenvalue weighted by Gasteiger charge is -2.08. The molecule has 0 saturated heterocycles. The van der Waals surface area contributed by atoms with Gasteiger partial charge in [0.15, 0.2) is 6.61 Å². The van der Waals surface area contributed by atoms with Gasteiger partial charge >= 0.3 is 0 Å². The van der Waals surface area contributed by atoms with Gasteiger partial charge in [-0.1, -0.05) is 36.4 Å². The number of thiophene rings is 1. The van der Waals surface area contributed by atoms with Crippen LogP contribution in [0.3, 0.4) is 0 Å². The van der Waals surface area contributed by atoms with Crippen molar-refractivity contribution < 1.29 is 14.3 Å². The molecule has 5 nitrogen and oxygen atoms in total. The van der Waals surface area contributed by atoms with Crippen molar-refractivity contribution in [2.75, 3.05) is 6.61 Å². The van der Waals surface area contributed by atoms with Crippen molar-refractivity contribution in [3.05, 3.63) is 70.9 Å². The summed E-state index contributed by atoms with van der Waals surface area (Å²) in [4.78, 5) is 24.3. The number of carbonyl (C=O) groups is 2. The summed E-state index contributed by atoms with van der Waals surface area (Å²) in [7, 11) is 0. The molecule has 0 saturated carbocycles. The van der Waals surface area contributed by atoms with Crippen molar-refractivity contribution in [2.24, 2.45) is 0 Å². The maximum atomic E-state index is 11.7. The molecule has 0 radical (unpaired) electrons. The van der Waals surface area contributed by atoms with Crippen molar-refractivity contribution in [1.82, 2.24) is 10.9 Å². The van der Waals surface area contributed by atoms with E-state index in [9.17, 15) is 9.59 Å². The van der Waals surface area contributed by atoms with Crippen molar-refractivity contribution in [2.45, 2.75) is 0 Å². The number of hydrogen-bond acceptors (Lipinski definition) is 4. The quantitative estimate of drug-likeness (QED) is 0.548. The second-order valence-electron chi connectivity index (χ2n) is 5.18. The highest BCUT2D eigenvalue weighted by Gasteiger charge is 2.04. The van der Waals surface area contributed by atoms with E-state index in [4.69, 9.17) is 4.74 Å². The number of hydrogen-bond donors (Lipinski definition) is 2. The average Bonchev–Trinajstić information content (AvgIpc) is 3.16. The van der Waals surface area contributed by atoms with E-state index in [-0.39, 0.29) is 6.61 Å². The zero-order valence-electron chi connectivity index (χ0n) is 13.3. The van der Waals surface area contributed by atoms with Gasteiger partial charge in [-0.15, -0.1) is 11.3 Å². The molecule has 3 rings (SSSR count). The van der Waals surface area contributed by atoms with Crippen molar-refractivity contribution in [3.8, 4) is 5.75 Å². The Kier molecular flexibility index (Phi) is 5.43. The van der Waals surface area contributed by atoms with Crippen LogP contribution in [0.15, 0.2) is 66.1 Å². The first kappa shape index (κ1) is 16.7. The fraction of sp³-hybridized carbons (Fsp3) is 0.0526. The zero-order chi connectivity index (χ0) is 17.5. The van der Waals surface area contributed by atoms with E-state index >= 15 is 0 Å². The number of carbonyl (C=O) groups excluding carboxylic acids is 2. The second kappa shape index (κ2) is 8.12. The van der Waals surface area contributed by atoms with Crippen LogP contribution in [-0.4, -0.2) is 18.4 Å². The molecule has 2 N–H and O–H groups in total. The van der Waals surface area contributed by atoms with E-state index in [0.29, 0.717) is 5.75 Å². The van der Waals surface area contributed by atoms with E-state index in [1.807, 2.05) is 53.9 Å². The molecule has 0 bridgehead atoms. The minimum atomic E-state index is -0.439. The average molecular weight is 352 g/mol. The Morgan fingerprint density at radius 2 is 1.84 bits per heavy atom. The van der Waals surface area contributed by atoms with Crippen LogP contribution >= 0.6 is 11.3 Å². The number of ether oxygens (including phenoxy) is 1. The summed E-state index contributed by atoms with van der Waals surface area (Å²) < 4.78 is 5.45. The number of hydrazine groups is 1. The summed E-state index contributed by atoms with van der Waals surface area (Å²) in [5.41, 5.74) is 4.62. The molecule has 2 aromatic carbocycles. The van der Waals surface area contributed by atoms with Gasteiger partial charge in [-0.25, -0.2) is 0 Å². The number of nitrogens with one attached hydrogen (secondary N) is 2. The van der Waals surface area contributed by atoms with Crippen LogP contribution in [0.4, 0.5) is 0 Å². The van der Waals surface area contributed by atoms with Crippen molar-refractivity contribution in [3.63, 3.8) is 0 Å². The SMILES string of the molecule is O=C(C=Cc1cccs1)NNC(=O)COc1ccc2ccccc2c1. The smallest absolute Gasteiger partial charge is 0.276 e. The first-order chi connectivity index (χ1) is 12.2. The number of rotatable bonds is 5. The van der Waals surface area contributed by atoms with E-state index in [1.165, 1.54) is 17.4 Å². The largest absolute Gasteiger partial charge is 0.484 e. The van der Waals surface area contributed by atoms with Gasteiger partial charge in [0, 0.05) is 11.0 Å². The summed E-state index contributed by atoms with van der Waals surface area (Å²) in [5.74, 6) is -0.253. The minimum absolute atomic E-state index is 0.187. The minimum Gasteiger partial charge on any atom is -0.484 e. The van der Waals surface area contributed by atoms with Crippen LogP contribution in [0, 0.1) is 0 Å². The van der Waals surface area contributed by atoms with Gasteiger partial charge in [-0.3, -0.25) is 20.4 Å². The van der Waals surface area contributed by atoms with E-state index in [1.54, 1.807) is 12.1 Å². The van der Waals surface area contributed by atoms with Gasteiger partial charge in [0.05, 0.1) is 0 Å². The van der Waals surface area contributed by atoms with Crippen LogP contribution in [0.1, 0.15) is 4.88 Å². The Morgan fingerprint density at radius 1 is 1.00 bits per heavy atom. The van der Waals surface area contributed by atoms with Gasteiger partial charge in [0.2, 0.25) is 0 Å². The summed E-state index contributed by atoms with van der Waals surface area (Å²) >= 11 is 1.52. The zero-order valence-corrected chi connectivity index (χ0v) is 14.1. The summed E-state index contributed by atoms with van der Waals surface area (Å²) in [5, 5.41) is 4.06. The normalized spacial score (nSPS) is 10.7. The first-order valence-electron chi connectivity index (χ1n) is 7.63. The molecular weight excluding hydrogens is 336 g/mol. The van der Waals surface area contributed by atoms with E-state index < -0.39 is 11.8 Å². The predicted octanol–water partition coefficient (Wildman–Crippen LogP) is 3.14. The van der Waals surface area contributed by atoms with Crippen LogP contribution in [0.25, 0.3) is 16.8 Å². The topological polar surface area (TPSA) is 67.4 Å². The fourth-order valence-electron chi connectivity index (χ4n) is 2.16. The molecule has 0 aliphatic heterocycles. The third-order valence-electron chi connectivity index (χ3n) is 3.36. The molecule has 1 aromatic heterocycles. The molecule has 6 heteroatoms. The Bertz CT molecular complexity index is 904. The maximum Gasteiger partial charge on any atom is 0.276 e. The van der Waals surface area contributed by atoms with Crippen molar-refractivity contribution >= 4 is 40.0 Å². The monoisotopic (exact) mass is 352 g/mol. The van der Waals surface area contributed by atoms with Crippen LogP contribution < -0.4 is 15.6 Å². The van der Waals surface area contributed by atoms with Gasteiger partial charge in [-0.2, -0.15) is 0 Å². The molecule has 2 amide bonds. The highest BCUT2D eigenvalue weighted by molar-refractivity contribution is 7.10. The van der Waals surface area contributed by atoms with Crippen LogP contribution in [0.2, 0.25) is 0 Å². The molecule has 0 unspecified atom stereocenters. The lowest BCUT2D eigenvalue weighted by Crippen LogP contribution is -2.43. The Balaban J connectivity index is 1.45. The van der Waals surface area contributed by atoms with Gasteiger partial charge in [0.25, 0.3) is 11.8 Å². The molecule has 0 spiro atoms. The third kappa shape index (κ3) is 4.92. The molecule has 3 aromatic rings. The van der Waals surface area contributed by atoms with Crippen LogP contribution in [-0.2, 0) is 9.59 Å². The molecule has 0 aliphatic rings. The third-order valence-corrected chi connectivity index (χ3v) is 4.20. The molecule has 0 fully saturated rings. The lowest BCUT2D eigenvalue weighted by molar-refractivity contribution is -0.128. The van der Waals surface area contributed by atoms with E-state index in [2.05, 4.69) is 10.9 Å². The standard InChI is InChI=1S/C19H16N2O3S/c22-18(10-9-17-6-3-11-25-17)20-21-19(23)13-24-16-8-7-14-4-1-2-5-15(14)12-16/h1-12H,13H2,(H,20,22)(H,21,23). The highest BCUT2D eigenvalue weighted by atomic mass is 32.1. The second-order valence-corrected chi connectivity index (χ2v) is 6.16. The molecule has 1 heterocycles. The van der Waals surface area contributed by atoms with Gasteiger partial charge in [-0.05, 0) is 40.4 Å². The summed E-state index contributed by atoms with van der Waals surface area (Å²) in [6, 6.07) is 17.3. The number of amides is 2. The number of fused-ring (bicyclic) bond motifs is 1. The fourth-order valence-corrected chi connectivity index (χ4v) is 2.78. The van der Waals surface area contributed by atoms with Gasteiger partial charge < -0.3 is 4.74 Å². The predicted molar refractivity (Wildman–Crippen MR) is 99.1 cm³/mol. The Morgan fingerprint density at radius 3 is 2.64 bits per heavy atom. The lowest BCUT2D eigenvalue weighted by atomic mass is 10.1. The Labute approximate surface area is 148 Å². The highest BCUT2D eigenvalue weighted by Crippen LogP contribution is 2.20. The maximum absolute atomic E-state index is 11.7. The Hall–Kier alpha value is -3.12.